The highest BCUT2D eigenvalue weighted by atomic mass is 32.4. The van der Waals surface area contributed by atoms with Crippen LogP contribution in [0.4, 0.5) is 11.4 Å². The minimum atomic E-state index is -2.27. The topological polar surface area (TPSA) is 22.1 Å². The second-order valence-electron chi connectivity index (χ2n) is 8.86. The fourth-order valence-electron chi connectivity index (χ4n) is 5.21. The molecule has 0 spiro atoms. The third-order valence-electron chi connectivity index (χ3n) is 6.67. The van der Waals surface area contributed by atoms with Crippen molar-refractivity contribution >= 4 is 35.7 Å². The van der Waals surface area contributed by atoms with Gasteiger partial charge < -0.3 is 4.90 Å². The molecule has 1 atom stereocenters. The Kier molecular flexibility index (Phi) is 4.89. The Morgan fingerprint density at radius 1 is 0.933 bits per heavy atom. The van der Waals surface area contributed by atoms with E-state index in [2.05, 4.69) is 96.1 Å². The lowest BCUT2D eigenvalue weighted by molar-refractivity contribution is 0.369. The summed E-state index contributed by atoms with van der Waals surface area (Å²) in [6, 6.07) is 19.2. The summed E-state index contributed by atoms with van der Waals surface area (Å²) in [6.07, 6.45) is 3.52. The van der Waals surface area contributed by atoms with Crippen molar-refractivity contribution in [1.82, 2.24) is 4.67 Å². The van der Waals surface area contributed by atoms with Crippen LogP contribution in [0.25, 0.3) is 0 Å². The van der Waals surface area contributed by atoms with Crippen LogP contribution in [0, 0.1) is 0 Å². The van der Waals surface area contributed by atoms with E-state index in [0.717, 1.165) is 18.8 Å². The first-order valence-corrected chi connectivity index (χ1v) is 13.5. The van der Waals surface area contributed by atoms with E-state index in [1.165, 1.54) is 41.5 Å². The number of hydrogen-bond donors (Lipinski definition) is 0. The maximum absolute atomic E-state index is 6.67. The molecule has 5 rings (SSSR count). The van der Waals surface area contributed by atoms with Gasteiger partial charge in [0.2, 0.25) is 0 Å². The Balaban J connectivity index is 1.72. The van der Waals surface area contributed by atoms with Gasteiger partial charge in [0.25, 0.3) is 0 Å². The summed E-state index contributed by atoms with van der Waals surface area (Å²) in [5.74, 6) is 0. The third kappa shape index (κ3) is 2.83. The molecule has 2 aromatic rings. The van der Waals surface area contributed by atoms with Crippen molar-refractivity contribution < 1.29 is 0 Å². The Morgan fingerprint density at radius 2 is 1.60 bits per heavy atom. The lowest BCUT2D eigenvalue weighted by Crippen LogP contribution is -2.34. The first kappa shape index (κ1) is 20.0. The Labute approximate surface area is 185 Å². The largest absolute Gasteiger partial charge is 0.346 e. The number of rotatable bonds is 2. The molecule has 6 heteroatoms. The highest BCUT2D eigenvalue weighted by molar-refractivity contribution is 8.16. The van der Waals surface area contributed by atoms with Gasteiger partial charge >= 0.3 is 0 Å². The molecule has 3 heterocycles. The van der Waals surface area contributed by atoms with Crippen LogP contribution in [0.15, 0.2) is 70.7 Å². The molecule has 3 aliphatic heterocycles. The summed E-state index contributed by atoms with van der Waals surface area (Å²) in [6.45, 7) is 6.76. The Morgan fingerprint density at radius 3 is 2.30 bits per heavy atom. The van der Waals surface area contributed by atoms with Gasteiger partial charge in [0.05, 0.1) is 17.2 Å². The summed E-state index contributed by atoms with van der Waals surface area (Å²) < 4.78 is 4.74. The molecule has 0 aromatic heterocycles. The van der Waals surface area contributed by atoms with Gasteiger partial charge in [-0.1, -0.05) is 68.5 Å². The van der Waals surface area contributed by atoms with Gasteiger partial charge in [0.1, 0.15) is 0 Å². The summed E-state index contributed by atoms with van der Waals surface area (Å²) in [5.41, 5.74) is 4.92. The van der Waals surface area contributed by atoms with E-state index in [1.54, 1.807) is 0 Å². The van der Waals surface area contributed by atoms with E-state index < -0.39 is 6.34 Å². The fraction of sp³-hybridized carbons (Fsp3) is 0.375. The average Bonchev–Trinajstić information content (AvgIpc) is 3.21. The number of anilines is 2. The molecular formula is C24H29N4PS. The molecule has 0 bridgehead atoms. The van der Waals surface area contributed by atoms with Gasteiger partial charge in [-0.05, 0) is 36.6 Å². The molecule has 30 heavy (non-hydrogen) atoms. The highest BCUT2D eigenvalue weighted by Gasteiger charge is 2.48. The van der Waals surface area contributed by atoms with Crippen LogP contribution in [0.3, 0.4) is 0 Å². The maximum atomic E-state index is 6.67. The summed E-state index contributed by atoms with van der Waals surface area (Å²) in [5, 5.41) is 6.19. The van der Waals surface area contributed by atoms with E-state index in [-0.39, 0.29) is 5.41 Å². The quantitative estimate of drug-likeness (QED) is 0.544. The number of likely N-dealkylation sites (N-methyl/N-ethyl adjacent to an activating group) is 1. The Bertz CT molecular complexity index is 1070. The molecule has 0 aliphatic carbocycles. The minimum absolute atomic E-state index is 0.112. The van der Waals surface area contributed by atoms with Gasteiger partial charge in [-0.15, -0.1) is 0 Å². The van der Waals surface area contributed by atoms with Crippen LogP contribution in [0.5, 0.6) is 0 Å². The number of hydrazone groups is 1. The molecule has 1 saturated heterocycles. The lowest BCUT2D eigenvalue weighted by Gasteiger charge is -2.42. The highest BCUT2D eigenvalue weighted by Crippen LogP contribution is 2.67. The van der Waals surface area contributed by atoms with Gasteiger partial charge in [0, 0.05) is 36.9 Å². The molecule has 4 nitrogen and oxygen atoms in total. The molecule has 0 N–H and O–H groups in total. The minimum Gasteiger partial charge on any atom is -0.346 e. The van der Waals surface area contributed by atoms with E-state index in [1.807, 2.05) is 0 Å². The second kappa shape index (κ2) is 7.33. The molecule has 0 radical (unpaired) electrons. The summed E-state index contributed by atoms with van der Waals surface area (Å²) in [7, 11) is 2.19. The van der Waals surface area contributed by atoms with Crippen LogP contribution in [-0.2, 0) is 17.2 Å². The Hall–Kier alpha value is -1.94. The summed E-state index contributed by atoms with van der Waals surface area (Å²) >= 11 is 6.67. The monoisotopic (exact) mass is 436 g/mol. The molecule has 156 valence electrons. The SMILES string of the molecule is CN1/C(=C2\C=NN(c3ccccc3)[P@]2(=S)N2CCCCC2)C(C)(C)c2ccccc21. The molecule has 2 aromatic carbocycles. The van der Waals surface area contributed by atoms with Crippen LogP contribution < -0.4 is 9.68 Å². The molecular weight excluding hydrogens is 407 g/mol. The number of fused-ring (bicyclic) bond motifs is 1. The predicted octanol–water partition coefficient (Wildman–Crippen LogP) is 5.93. The van der Waals surface area contributed by atoms with Gasteiger partial charge in [0.15, 0.2) is 6.34 Å². The van der Waals surface area contributed by atoms with Crippen LogP contribution in [-0.4, -0.2) is 31.0 Å². The fourth-order valence-corrected chi connectivity index (χ4v) is 9.63. The van der Waals surface area contributed by atoms with Crippen molar-refractivity contribution in [3.05, 3.63) is 71.2 Å². The van der Waals surface area contributed by atoms with Crippen molar-refractivity contribution in [2.75, 3.05) is 29.8 Å². The van der Waals surface area contributed by atoms with E-state index in [9.17, 15) is 0 Å². The smallest absolute Gasteiger partial charge is 0.154 e. The number of benzene rings is 2. The standard InChI is InChI=1S/C24H29N4PS/c1-24(2)20-14-8-9-15-21(20)26(3)23(24)22-18-25-28(19-12-6-4-7-13-19)29(22,30)27-16-10-5-11-17-27/h4,6-9,12-15,18H,5,10-11,16-17H2,1-3H3/b23-22+/t29-/m1/s1. The van der Waals surface area contributed by atoms with Crippen LogP contribution in [0.1, 0.15) is 38.7 Å². The second-order valence-corrected chi connectivity index (χ2v) is 12.9. The zero-order chi connectivity index (χ0) is 20.9. The van der Waals surface area contributed by atoms with Crippen molar-refractivity contribution in [1.29, 1.82) is 0 Å². The van der Waals surface area contributed by atoms with Gasteiger partial charge in [-0.25, -0.2) is 4.78 Å². The van der Waals surface area contributed by atoms with Crippen LogP contribution >= 0.6 is 6.34 Å². The third-order valence-corrected chi connectivity index (χ3v) is 11.4. The number of piperidine rings is 1. The number of hydrogen-bond acceptors (Lipinski definition) is 3. The zero-order valence-electron chi connectivity index (χ0n) is 18.0. The summed E-state index contributed by atoms with van der Waals surface area (Å²) in [4.78, 5) is 2.36. The predicted molar refractivity (Wildman–Crippen MR) is 132 cm³/mol. The normalized spacial score (nSPS) is 28.2. The molecule has 0 saturated carbocycles. The van der Waals surface area contributed by atoms with Gasteiger partial charge in [-0.3, -0.25) is 4.67 Å². The van der Waals surface area contributed by atoms with E-state index >= 15 is 0 Å². The number of para-hydroxylation sites is 2. The lowest BCUT2D eigenvalue weighted by atomic mass is 9.84. The van der Waals surface area contributed by atoms with E-state index in [4.69, 9.17) is 16.9 Å². The molecule has 3 aliphatic rings. The number of nitrogens with zero attached hydrogens (tertiary/aromatic N) is 4. The van der Waals surface area contributed by atoms with Crippen LogP contribution in [0.2, 0.25) is 0 Å². The van der Waals surface area contributed by atoms with Crippen molar-refractivity contribution in [2.24, 2.45) is 5.10 Å². The first-order valence-electron chi connectivity index (χ1n) is 10.8. The molecule has 0 unspecified atom stereocenters. The zero-order valence-corrected chi connectivity index (χ0v) is 19.7. The molecule has 0 amide bonds. The molecule has 1 fully saturated rings. The first-order chi connectivity index (χ1) is 14.5. The van der Waals surface area contributed by atoms with Gasteiger partial charge in [-0.2, -0.15) is 5.10 Å². The van der Waals surface area contributed by atoms with Crippen molar-refractivity contribution in [3.63, 3.8) is 0 Å². The van der Waals surface area contributed by atoms with Crippen molar-refractivity contribution in [3.8, 4) is 0 Å². The average molecular weight is 437 g/mol. The van der Waals surface area contributed by atoms with Crippen molar-refractivity contribution in [2.45, 2.75) is 38.5 Å². The van der Waals surface area contributed by atoms with E-state index in [0.29, 0.717) is 0 Å². The maximum Gasteiger partial charge on any atom is 0.154 e. The number of allylic oxidation sites excluding steroid dienone is 2.